The largest absolute Gasteiger partial charge is 0.383 e. The SMILES string of the molecule is Cc1c(N)nsc1N1CCC2(CCCC2)CC1. The molecule has 1 aromatic heterocycles. The Morgan fingerprint density at radius 3 is 2.35 bits per heavy atom. The monoisotopic (exact) mass is 251 g/mol. The Morgan fingerprint density at radius 1 is 1.18 bits per heavy atom. The first-order valence-electron chi connectivity index (χ1n) is 6.67. The van der Waals surface area contributed by atoms with Crippen molar-refractivity contribution in [1.29, 1.82) is 0 Å². The molecule has 1 saturated heterocycles. The fourth-order valence-electron chi connectivity index (χ4n) is 3.44. The van der Waals surface area contributed by atoms with Crippen LogP contribution in [0.15, 0.2) is 0 Å². The molecule has 1 aliphatic heterocycles. The molecule has 0 atom stereocenters. The fraction of sp³-hybridized carbons (Fsp3) is 0.769. The normalized spacial score (nSPS) is 23.5. The summed E-state index contributed by atoms with van der Waals surface area (Å²) in [5.74, 6) is 0.714. The molecule has 2 aliphatic rings. The van der Waals surface area contributed by atoms with Crippen LogP contribution in [0.25, 0.3) is 0 Å². The zero-order valence-electron chi connectivity index (χ0n) is 10.5. The predicted molar refractivity (Wildman–Crippen MR) is 73.6 cm³/mol. The number of aromatic nitrogens is 1. The molecule has 94 valence electrons. The second kappa shape index (κ2) is 4.16. The van der Waals surface area contributed by atoms with Gasteiger partial charge in [-0.3, -0.25) is 0 Å². The van der Waals surface area contributed by atoms with E-state index < -0.39 is 0 Å². The summed E-state index contributed by atoms with van der Waals surface area (Å²) >= 11 is 1.56. The third-order valence-electron chi connectivity index (χ3n) is 4.71. The topological polar surface area (TPSA) is 42.1 Å². The molecule has 1 aromatic rings. The Balaban J connectivity index is 1.71. The summed E-state index contributed by atoms with van der Waals surface area (Å²) in [4.78, 5) is 2.49. The highest BCUT2D eigenvalue weighted by molar-refractivity contribution is 7.10. The number of rotatable bonds is 1. The van der Waals surface area contributed by atoms with Crippen LogP contribution in [-0.2, 0) is 0 Å². The van der Waals surface area contributed by atoms with Gasteiger partial charge >= 0.3 is 0 Å². The lowest BCUT2D eigenvalue weighted by Gasteiger charge is -2.40. The molecule has 2 heterocycles. The lowest BCUT2D eigenvalue weighted by atomic mass is 9.77. The molecule has 0 bridgehead atoms. The standard InChI is InChI=1S/C13H21N3S/c1-10-11(14)15-17-12(10)16-8-6-13(7-9-16)4-2-3-5-13/h2-9H2,1H3,(H2,14,15). The molecule has 2 N–H and O–H groups in total. The van der Waals surface area contributed by atoms with Crippen LogP contribution in [0.1, 0.15) is 44.1 Å². The summed E-state index contributed by atoms with van der Waals surface area (Å²) < 4.78 is 4.26. The van der Waals surface area contributed by atoms with Crippen LogP contribution in [-0.4, -0.2) is 17.5 Å². The van der Waals surface area contributed by atoms with Gasteiger partial charge in [0.1, 0.15) is 10.8 Å². The van der Waals surface area contributed by atoms with Crippen LogP contribution in [0.3, 0.4) is 0 Å². The predicted octanol–water partition coefficient (Wildman–Crippen LogP) is 3.19. The molecule has 0 amide bonds. The zero-order valence-corrected chi connectivity index (χ0v) is 11.4. The molecule has 1 aliphatic carbocycles. The molecule has 17 heavy (non-hydrogen) atoms. The van der Waals surface area contributed by atoms with E-state index >= 15 is 0 Å². The van der Waals surface area contributed by atoms with Gasteiger partial charge in [-0.05, 0) is 49.6 Å². The maximum atomic E-state index is 5.84. The van der Waals surface area contributed by atoms with Crippen molar-refractivity contribution in [2.75, 3.05) is 23.7 Å². The van der Waals surface area contributed by atoms with Gasteiger partial charge < -0.3 is 10.6 Å². The number of nitrogens with two attached hydrogens (primary N) is 1. The van der Waals surface area contributed by atoms with Crippen LogP contribution in [0.4, 0.5) is 10.8 Å². The third-order valence-corrected chi connectivity index (χ3v) is 5.74. The maximum absolute atomic E-state index is 5.84. The smallest absolute Gasteiger partial charge is 0.142 e. The molecule has 3 nitrogen and oxygen atoms in total. The summed E-state index contributed by atoms with van der Waals surface area (Å²) in [5, 5.41) is 1.30. The zero-order chi connectivity index (χ0) is 11.9. The number of hydrogen-bond donors (Lipinski definition) is 1. The van der Waals surface area contributed by atoms with Crippen molar-refractivity contribution in [2.45, 2.75) is 45.4 Å². The molecule has 1 saturated carbocycles. The molecular formula is C13H21N3S. The van der Waals surface area contributed by atoms with Gasteiger partial charge in [0.05, 0.1) is 0 Å². The lowest BCUT2D eigenvalue weighted by molar-refractivity contribution is 0.227. The summed E-state index contributed by atoms with van der Waals surface area (Å²) in [6.45, 7) is 4.49. The lowest BCUT2D eigenvalue weighted by Crippen LogP contribution is -2.38. The molecule has 1 spiro atoms. The van der Waals surface area contributed by atoms with Crippen LogP contribution in [0.5, 0.6) is 0 Å². The summed E-state index contributed by atoms with van der Waals surface area (Å²) in [6.07, 6.45) is 8.56. The molecule has 0 radical (unpaired) electrons. The third kappa shape index (κ3) is 1.92. The van der Waals surface area contributed by atoms with E-state index in [1.165, 1.54) is 62.2 Å². The van der Waals surface area contributed by atoms with E-state index in [2.05, 4.69) is 16.2 Å². The van der Waals surface area contributed by atoms with Crippen molar-refractivity contribution in [2.24, 2.45) is 5.41 Å². The van der Waals surface area contributed by atoms with Crippen molar-refractivity contribution in [3.63, 3.8) is 0 Å². The van der Waals surface area contributed by atoms with Crippen LogP contribution in [0.2, 0.25) is 0 Å². The number of nitrogen functional groups attached to an aromatic ring is 1. The van der Waals surface area contributed by atoms with Gasteiger partial charge in [0.2, 0.25) is 0 Å². The number of hydrogen-bond acceptors (Lipinski definition) is 4. The quantitative estimate of drug-likeness (QED) is 0.833. The second-order valence-corrected chi connectivity index (χ2v) is 6.44. The highest BCUT2D eigenvalue weighted by Crippen LogP contribution is 2.47. The van der Waals surface area contributed by atoms with Gasteiger partial charge in [-0.25, -0.2) is 0 Å². The minimum absolute atomic E-state index is 0.695. The molecular weight excluding hydrogens is 230 g/mol. The molecule has 0 unspecified atom stereocenters. The van der Waals surface area contributed by atoms with E-state index in [0.29, 0.717) is 11.2 Å². The number of nitrogens with zero attached hydrogens (tertiary/aromatic N) is 2. The van der Waals surface area contributed by atoms with Crippen molar-refractivity contribution >= 4 is 22.4 Å². The minimum atomic E-state index is 0.695. The average molecular weight is 251 g/mol. The van der Waals surface area contributed by atoms with E-state index in [-0.39, 0.29) is 0 Å². The van der Waals surface area contributed by atoms with Crippen LogP contribution in [0, 0.1) is 12.3 Å². The van der Waals surface area contributed by atoms with Gasteiger partial charge in [-0.1, -0.05) is 12.8 Å². The van der Waals surface area contributed by atoms with Gasteiger partial charge in [0.15, 0.2) is 0 Å². The van der Waals surface area contributed by atoms with E-state index in [4.69, 9.17) is 5.73 Å². The van der Waals surface area contributed by atoms with Crippen molar-refractivity contribution in [3.8, 4) is 0 Å². The number of piperidine rings is 1. The Kier molecular flexibility index (Phi) is 2.77. The van der Waals surface area contributed by atoms with Crippen molar-refractivity contribution < 1.29 is 0 Å². The first-order chi connectivity index (χ1) is 8.20. The Labute approximate surface area is 107 Å². The van der Waals surface area contributed by atoms with Crippen molar-refractivity contribution in [1.82, 2.24) is 4.37 Å². The molecule has 2 fully saturated rings. The highest BCUT2D eigenvalue weighted by atomic mass is 32.1. The Bertz CT molecular complexity index is 397. The molecule has 3 rings (SSSR count). The summed E-state index contributed by atoms with van der Waals surface area (Å²) in [6, 6.07) is 0. The van der Waals surface area contributed by atoms with Gasteiger partial charge in [0, 0.05) is 18.7 Å². The van der Waals surface area contributed by atoms with E-state index in [0.717, 1.165) is 0 Å². The van der Waals surface area contributed by atoms with Gasteiger partial charge in [-0.2, -0.15) is 4.37 Å². The number of anilines is 2. The maximum Gasteiger partial charge on any atom is 0.142 e. The van der Waals surface area contributed by atoms with E-state index in [1.54, 1.807) is 11.5 Å². The fourth-order valence-corrected chi connectivity index (χ4v) is 4.30. The first kappa shape index (κ1) is 11.3. The summed E-state index contributed by atoms with van der Waals surface area (Å²) in [7, 11) is 0. The minimum Gasteiger partial charge on any atom is -0.383 e. The Morgan fingerprint density at radius 2 is 1.82 bits per heavy atom. The van der Waals surface area contributed by atoms with Crippen molar-refractivity contribution in [3.05, 3.63) is 5.56 Å². The van der Waals surface area contributed by atoms with Crippen LogP contribution >= 0.6 is 11.5 Å². The van der Waals surface area contributed by atoms with E-state index in [1.807, 2.05) is 0 Å². The van der Waals surface area contributed by atoms with E-state index in [9.17, 15) is 0 Å². The van der Waals surface area contributed by atoms with Crippen LogP contribution < -0.4 is 10.6 Å². The summed E-state index contributed by atoms with van der Waals surface area (Å²) in [5.41, 5.74) is 7.71. The molecule has 4 heteroatoms. The highest BCUT2D eigenvalue weighted by Gasteiger charge is 2.37. The Hall–Kier alpha value is -0.770. The second-order valence-electron chi connectivity index (χ2n) is 5.69. The van der Waals surface area contributed by atoms with Gasteiger partial charge in [0.25, 0.3) is 0 Å². The first-order valence-corrected chi connectivity index (χ1v) is 7.44. The average Bonchev–Trinajstić information content (AvgIpc) is 2.91. The molecule has 0 aromatic carbocycles. The van der Waals surface area contributed by atoms with Gasteiger partial charge in [-0.15, -0.1) is 0 Å².